The average molecular weight is 284 g/mol. The van der Waals surface area contributed by atoms with Gasteiger partial charge in [-0.05, 0) is 17.7 Å². The summed E-state index contributed by atoms with van der Waals surface area (Å²) in [5.74, 6) is 0.790. The summed E-state index contributed by atoms with van der Waals surface area (Å²) in [6.45, 7) is 0.545. The molecule has 6 heteroatoms. The van der Waals surface area contributed by atoms with Crippen molar-refractivity contribution in [2.75, 3.05) is 18.2 Å². The standard InChI is InChI=1S/C14H12N4OS/c1-19-10-4-2-9(3-5-10)8-18-14-11(6-15)13(17)12(7-16)20-14/h2-5,18H,8,17H2,1H3. The zero-order chi connectivity index (χ0) is 14.5. The summed E-state index contributed by atoms with van der Waals surface area (Å²) in [5, 5.41) is 21.8. The van der Waals surface area contributed by atoms with Gasteiger partial charge in [0, 0.05) is 6.54 Å². The summed E-state index contributed by atoms with van der Waals surface area (Å²) in [6, 6.07) is 11.6. The molecule has 100 valence electrons. The number of hydrogen-bond acceptors (Lipinski definition) is 6. The minimum absolute atomic E-state index is 0.247. The van der Waals surface area contributed by atoms with E-state index in [0.29, 0.717) is 22.0 Å². The van der Waals surface area contributed by atoms with Crippen LogP contribution in [0.4, 0.5) is 10.7 Å². The Balaban J connectivity index is 2.15. The first-order valence-corrected chi connectivity index (χ1v) is 6.60. The van der Waals surface area contributed by atoms with Crippen LogP contribution >= 0.6 is 11.3 Å². The molecule has 3 N–H and O–H groups in total. The summed E-state index contributed by atoms with van der Waals surface area (Å²) >= 11 is 1.19. The monoisotopic (exact) mass is 284 g/mol. The van der Waals surface area contributed by atoms with Crippen molar-refractivity contribution in [2.24, 2.45) is 0 Å². The number of nitriles is 2. The molecule has 1 heterocycles. The third-order valence-electron chi connectivity index (χ3n) is 2.77. The lowest BCUT2D eigenvalue weighted by atomic mass is 10.2. The van der Waals surface area contributed by atoms with Gasteiger partial charge in [0.2, 0.25) is 0 Å². The SMILES string of the molecule is COc1ccc(CNc2sc(C#N)c(N)c2C#N)cc1. The third-order valence-corrected chi connectivity index (χ3v) is 3.84. The van der Waals surface area contributed by atoms with Crippen molar-refractivity contribution in [1.82, 2.24) is 0 Å². The lowest BCUT2D eigenvalue weighted by molar-refractivity contribution is 0.414. The van der Waals surface area contributed by atoms with E-state index >= 15 is 0 Å². The molecule has 0 atom stereocenters. The molecule has 0 aliphatic carbocycles. The molecule has 0 aliphatic rings. The number of nitrogens with two attached hydrogens (primary N) is 1. The number of rotatable bonds is 4. The van der Waals surface area contributed by atoms with Crippen molar-refractivity contribution >= 4 is 22.0 Å². The molecule has 5 nitrogen and oxygen atoms in total. The van der Waals surface area contributed by atoms with Gasteiger partial charge in [-0.3, -0.25) is 0 Å². The van der Waals surface area contributed by atoms with Gasteiger partial charge in [-0.25, -0.2) is 0 Å². The van der Waals surface area contributed by atoms with E-state index in [1.54, 1.807) is 7.11 Å². The maximum Gasteiger partial charge on any atom is 0.131 e. The van der Waals surface area contributed by atoms with Crippen LogP contribution in [0.2, 0.25) is 0 Å². The Hall–Kier alpha value is -2.70. The zero-order valence-corrected chi connectivity index (χ0v) is 11.6. The number of nitrogens with zero attached hydrogens (tertiary/aromatic N) is 2. The number of hydrogen-bond donors (Lipinski definition) is 2. The van der Waals surface area contributed by atoms with Gasteiger partial charge in [-0.2, -0.15) is 10.5 Å². The van der Waals surface area contributed by atoms with Crippen LogP contribution in [-0.2, 0) is 6.54 Å². The van der Waals surface area contributed by atoms with Crippen LogP contribution in [-0.4, -0.2) is 7.11 Å². The summed E-state index contributed by atoms with van der Waals surface area (Å²) in [5.41, 5.74) is 7.36. The van der Waals surface area contributed by atoms with Crippen molar-refractivity contribution in [3.63, 3.8) is 0 Å². The Labute approximate surface area is 120 Å². The smallest absolute Gasteiger partial charge is 0.131 e. The molecular formula is C14H12N4OS. The number of benzene rings is 1. The van der Waals surface area contributed by atoms with Crippen molar-refractivity contribution in [3.8, 4) is 17.9 Å². The van der Waals surface area contributed by atoms with Crippen LogP contribution in [0.15, 0.2) is 24.3 Å². The fourth-order valence-electron chi connectivity index (χ4n) is 1.69. The lowest BCUT2D eigenvalue weighted by Gasteiger charge is -2.05. The molecule has 2 aromatic rings. The number of thiophene rings is 1. The Morgan fingerprint density at radius 2 is 1.95 bits per heavy atom. The van der Waals surface area contributed by atoms with Crippen molar-refractivity contribution in [1.29, 1.82) is 10.5 Å². The van der Waals surface area contributed by atoms with Gasteiger partial charge in [0.1, 0.15) is 33.3 Å². The molecule has 20 heavy (non-hydrogen) atoms. The Morgan fingerprint density at radius 3 is 2.50 bits per heavy atom. The minimum atomic E-state index is 0.247. The highest BCUT2D eigenvalue weighted by Crippen LogP contribution is 2.34. The number of ether oxygens (including phenoxy) is 1. The first kappa shape index (κ1) is 13.7. The number of nitrogens with one attached hydrogen (secondary N) is 1. The number of methoxy groups -OCH3 is 1. The van der Waals surface area contributed by atoms with Gasteiger partial charge in [-0.1, -0.05) is 12.1 Å². The minimum Gasteiger partial charge on any atom is -0.497 e. The topological polar surface area (TPSA) is 94.9 Å². The third kappa shape index (κ3) is 2.66. The summed E-state index contributed by atoms with van der Waals surface area (Å²) in [7, 11) is 1.62. The maximum atomic E-state index is 9.08. The molecule has 0 bridgehead atoms. The second-order valence-corrected chi connectivity index (χ2v) is 4.99. The average Bonchev–Trinajstić information content (AvgIpc) is 2.81. The summed E-state index contributed by atoms with van der Waals surface area (Å²) in [4.78, 5) is 0.360. The quantitative estimate of drug-likeness (QED) is 0.900. The lowest BCUT2D eigenvalue weighted by Crippen LogP contribution is -1.99. The molecule has 0 amide bonds. The van der Waals surface area contributed by atoms with Gasteiger partial charge in [-0.15, -0.1) is 11.3 Å². The fourth-order valence-corrected chi connectivity index (χ4v) is 2.55. The summed E-state index contributed by atoms with van der Waals surface area (Å²) in [6.07, 6.45) is 0. The predicted octanol–water partition coefficient (Wildman–Crippen LogP) is 2.69. The molecule has 1 aromatic heterocycles. The maximum absolute atomic E-state index is 9.08. The van der Waals surface area contributed by atoms with E-state index in [4.69, 9.17) is 21.0 Å². The highest BCUT2D eigenvalue weighted by Gasteiger charge is 2.15. The highest BCUT2D eigenvalue weighted by atomic mass is 32.1. The molecule has 0 radical (unpaired) electrons. The molecule has 0 saturated carbocycles. The van der Waals surface area contributed by atoms with Crippen LogP contribution < -0.4 is 15.8 Å². The van der Waals surface area contributed by atoms with E-state index < -0.39 is 0 Å². The van der Waals surface area contributed by atoms with E-state index in [1.165, 1.54) is 11.3 Å². The molecular weight excluding hydrogens is 272 g/mol. The first-order chi connectivity index (χ1) is 9.69. The van der Waals surface area contributed by atoms with Crippen LogP contribution in [0.1, 0.15) is 16.0 Å². The highest BCUT2D eigenvalue weighted by molar-refractivity contribution is 7.17. The predicted molar refractivity (Wildman–Crippen MR) is 78.5 cm³/mol. The van der Waals surface area contributed by atoms with Crippen LogP contribution in [0, 0.1) is 22.7 Å². The number of anilines is 2. The Morgan fingerprint density at radius 1 is 1.25 bits per heavy atom. The van der Waals surface area contributed by atoms with Crippen molar-refractivity contribution in [2.45, 2.75) is 6.54 Å². The van der Waals surface area contributed by atoms with Crippen LogP contribution in [0.25, 0.3) is 0 Å². The first-order valence-electron chi connectivity index (χ1n) is 5.78. The fraction of sp³-hybridized carbons (Fsp3) is 0.143. The van der Waals surface area contributed by atoms with E-state index in [1.807, 2.05) is 36.4 Å². The van der Waals surface area contributed by atoms with Gasteiger partial charge >= 0.3 is 0 Å². The Kier molecular flexibility index (Phi) is 4.09. The van der Waals surface area contributed by atoms with Gasteiger partial charge in [0.15, 0.2) is 0 Å². The molecule has 2 rings (SSSR count). The van der Waals surface area contributed by atoms with E-state index in [9.17, 15) is 0 Å². The second-order valence-electron chi connectivity index (χ2n) is 3.97. The molecule has 0 saturated heterocycles. The van der Waals surface area contributed by atoms with Crippen LogP contribution in [0.5, 0.6) is 5.75 Å². The zero-order valence-electron chi connectivity index (χ0n) is 10.8. The second kappa shape index (κ2) is 5.96. The van der Waals surface area contributed by atoms with Crippen molar-refractivity contribution in [3.05, 3.63) is 40.3 Å². The number of nitrogen functional groups attached to an aromatic ring is 1. The largest absolute Gasteiger partial charge is 0.497 e. The molecule has 1 aromatic carbocycles. The van der Waals surface area contributed by atoms with E-state index in [-0.39, 0.29) is 5.69 Å². The van der Waals surface area contributed by atoms with E-state index in [2.05, 4.69) is 5.32 Å². The molecule has 0 spiro atoms. The molecule has 0 aliphatic heterocycles. The van der Waals surface area contributed by atoms with Gasteiger partial charge in [0.05, 0.1) is 12.8 Å². The molecule has 0 fully saturated rings. The molecule has 0 unspecified atom stereocenters. The summed E-state index contributed by atoms with van der Waals surface area (Å²) < 4.78 is 5.09. The van der Waals surface area contributed by atoms with Gasteiger partial charge < -0.3 is 15.8 Å². The normalized spacial score (nSPS) is 9.55. The van der Waals surface area contributed by atoms with Crippen molar-refractivity contribution < 1.29 is 4.74 Å². The van der Waals surface area contributed by atoms with E-state index in [0.717, 1.165) is 11.3 Å². The van der Waals surface area contributed by atoms with Crippen LogP contribution in [0.3, 0.4) is 0 Å². The Bertz CT molecular complexity index is 692. The van der Waals surface area contributed by atoms with Gasteiger partial charge in [0.25, 0.3) is 0 Å².